The van der Waals surface area contributed by atoms with Crippen LogP contribution in [0.2, 0.25) is 0 Å². The predicted octanol–water partition coefficient (Wildman–Crippen LogP) is 3.65. The molecule has 28 heavy (non-hydrogen) atoms. The van der Waals surface area contributed by atoms with Crippen molar-refractivity contribution in [2.45, 2.75) is 57.4 Å². The molecule has 2 aromatic rings. The number of amides is 2. The van der Waals surface area contributed by atoms with Crippen LogP contribution in [-0.4, -0.2) is 39.6 Å². The van der Waals surface area contributed by atoms with E-state index in [1.165, 1.54) is 23.3 Å². The maximum Gasteiger partial charge on any atom is 0.254 e. The molecule has 1 saturated carbocycles. The molecule has 3 aliphatic rings. The molecular formula is C21H26N4O2S. The summed E-state index contributed by atoms with van der Waals surface area (Å²) in [7, 11) is 0. The third-order valence-corrected chi connectivity index (χ3v) is 7.35. The number of carbonyl (C=O) groups excluding carboxylic acids is 2. The second kappa shape index (κ2) is 7.35. The fourth-order valence-corrected chi connectivity index (χ4v) is 5.55. The Balaban J connectivity index is 1.23. The fourth-order valence-electron chi connectivity index (χ4n) is 4.44. The number of nitrogens with zero attached hydrogens (tertiary/aromatic N) is 3. The van der Waals surface area contributed by atoms with Gasteiger partial charge in [0.1, 0.15) is 5.82 Å². The normalized spacial score (nSPS) is 20.1. The minimum Gasteiger partial charge on any atom is -0.338 e. The number of likely N-dealkylation sites (tertiary alicyclic amines) is 1. The molecule has 2 aliphatic carbocycles. The first kappa shape index (κ1) is 17.9. The van der Waals surface area contributed by atoms with Crippen LogP contribution in [0.15, 0.2) is 17.6 Å². The van der Waals surface area contributed by atoms with Crippen LogP contribution < -0.4 is 5.32 Å². The summed E-state index contributed by atoms with van der Waals surface area (Å²) in [5, 5.41) is 9.55. The van der Waals surface area contributed by atoms with Gasteiger partial charge in [0.05, 0.1) is 17.8 Å². The average Bonchev–Trinajstić information content (AvgIpc) is 3.34. The van der Waals surface area contributed by atoms with Gasteiger partial charge in [-0.3, -0.25) is 9.59 Å². The van der Waals surface area contributed by atoms with Gasteiger partial charge in [0.25, 0.3) is 5.91 Å². The van der Waals surface area contributed by atoms with Gasteiger partial charge >= 0.3 is 0 Å². The van der Waals surface area contributed by atoms with E-state index in [1.54, 1.807) is 17.5 Å². The molecule has 7 heteroatoms. The first-order valence-electron chi connectivity index (χ1n) is 10.4. The molecule has 1 saturated heterocycles. The molecule has 1 N–H and O–H groups in total. The van der Waals surface area contributed by atoms with Crippen molar-refractivity contribution in [1.82, 2.24) is 14.7 Å². The predicted molar refractivity (Wildman–Crippen MR) is 109 cm³/mol. The van der Waals surface area contributed by atoms with Crippen LogP contribution in [0, 0.1) is 5.92 Å². The van der Waals surface area contributed by atoms with E-state index in [0.717, 1.165) is 63.0 Å². The highest BCUT2D eigenvalue weighted by molar-refractivity contribution is 7.10. The van der Waals surface area contributed by atoms with Crippen molar-refractivity contribution >= 4 is 29.0 Å². The summed E-state index contributed by atoms with van der Waals surface area (Å²) >= 11 is 1.76. The Labute approximate surface area is 168 Å². The van der Waals surface area contributed by atoms with Crippen LogP contribution >= 0.6 is 11.3 Å². The van der Waals surface area contributed by atoms with E-state index in [9.17, 15) is 9.59 Å². The maximum absolute atomic E-state index is 13.1. The lowest BCUT2D eigenvalue weighted by Gasteiger charge is -2.33. The van der Waals surface area contributed by atoms with Crippen LogP contribution in [0.4, 0.5) is 5.82 Å². The standard InChI is InChI=1S/C21H26N4O2S/c26-20(14-5-6-14)23-19-7-10-22-25(19)15-8-11-24(12-9-15)21(27)17-13-28-18-4-2-1-3-16(17)18/h7,10,13-15H,1-6,8-9,11-12H2,(H,23,26). The molecule has 2 amide bonds. The van der Waals surface area contributed by atoms with Gasteiger partial charge in [-0.2, -0.15) is 5.10 Å². The number of fused-ring (bicyclic) bond motifs is 1. The summed E-state index contributed by atoms with van der Waals surface area (Å²) in [5.74, 6) is 1.27. The number of hydrogen-bond acceptors (Lipinski definition) is 4. The Morgan fingerprint density at radius 1 is 1.11 bits per heavy atom. The molecule has 1 aliphatic heterocycles. The highest BCUT2D eigenvalue weighted by Gasteiger charge is 2.32. The molecule has 2 fully saturated rings. The zero-order valence-corrected chi connectivity index (χ0v) is 16.8. The summed E-state index contributed by atoms with van der Waals surface area (Å²) in [6.45, 7) is 1.48. The monoisotopic (exact) mass is 398 g/mol. The molecule has 0 spiro atoms. The first-order valence-corrected chi connectivity index (χ1v) is 11.3. The first-order chi connectivity index (χ1) is 13.7. The molecule has 0 bridgehead atoms. The number of rotatable bonds is 4. The van der Waals surface area contributed by atoms with Gasteiger partial charge in [-0.1, -0.05) is 0 Å². The van der Waals surface area contributed by atoms with E-state index < -0.39 is 0 Å². The van der Waals surface area contributed by atoms with Crippen molar-refractivity contribution in [3.8, 4) is 0 Å². The van der Waals surface area contributed by atoms with E-state index >= 15 is 0 Å². The Morgan fingerprint density at radius 3 is 2.68 bits per heavy atom. The topological polar surface area (TPSA) is 67.2 Å². The number of hydrogen-bond donors (Lipinski definition) is 1. The van der Waals surface area contributed by atoms with Crippen molar-refractivity contribution in [1.29, 1.82) is 0 Å². The Morgan fingerprint density at radius 2 is 1.89 bits per heavy atom. The quantitative estimate of drug-likeness (QED) is 0.855. The lowest BCUT2D eigenvalue weighted by atomic mass is 9.95. The minimum absolute atomic E-state index is 0.108. The SMILES string of the molecule is O=C(Nc1ccnn1C1CCN(C(=O)c2csc3c2CCCC3)CC1)C1CC1. The van der Waals surface area contributed by atoms with Crippen LogP contribution in [0.5, 0.6) is 0 Å². The number of aromatic nitrogens is 2. The van der Waals surface area contributed by atoms with E-state index in [2.05, 4.69) is 15.8 Å². The van der Waals surface area contributed by atoms with Gasteiger partial charge in [-0.25, -0.2) is 4.68 Å². The zero-order chi connectivity index (χ0) is 19.1. The Bertz CT molecular complexity index is 890. The Hall–Kier alpha value is -2.15. The second-order valence-electron chi connectivity index (χ2n) is 8.21. The minimum atomic E-state index is 0.108. The number of anilines is 1. The molecule has 5 rings (SSSR count). The highest BCUT2D eigenvalue weighted by Crippen LogP contribution is 2.33. The van der Waals surface area contributed by atoms with Crippen molar-refractivity contribution in [3.05, 3.63) is 33.6 Å². The van der Waals surface area contributed by atoms with Crippen LogP contribution in [0.1, 0.15) is 65.4 Å². The molecule has 148 valence electrons. The van der Waals surface area contributed by atoms with Gasteiger partial charge in [-0.15, -0.1) is 11.3 Å². The van der Waals surface area contributed by atoms with E-state index in [4.69, 9.17) is 0 Å². The number of nitrogens with one attached hydrogen (secondary N) is 1. The number of carbonyl (C=O) groups is 2. The van der Waals surface area contributed by atoms with E-state index in [-0.39, 0.29) is 23.8 Å². The summed E-state index contributed by atoms with van der Waals surface area (Å²) in [4.78, 5) is 28.6. The zero-order valence-electron chi connectivity index (χ0n) is 16.0. The van der Waals surface area contributed by atoms with Gasteiger partial charge in [-0.05, 0) is 56.9 Å². The van der Waals surface area contributed by atoms with Gasteiger partial charge in [0.15, 0.2) is 0 Å². The Kier molecular flexibility index (Phi) is 4.70. The highest BCUT2D eigenvalue weighted by atomic mass is 32.1. The third kappa shape index (κ3) is 3.36. The number of thiophene rings is 1. The van der Waals surface area contributed by atoms with Crippen molar-refractivity contribution < 1.29 is 9.59 Å². The van der Waals surface area contributed by atoms with Gasteiger partial charge < -0.3 is 10.2 Å². The molecule has 6 nitrogen and oxygen atoms in total. The number of piperidine rings is 1. The van der Waals surface area contributed by atoms with Crippen molar-refractivity contribution in [3.63, 3.8) is 0 Å². The summed E-state index contributed by atoms with van der Waals surface area (Å²) in [6, 6.07) is 2.10. The third-order valence-electron chi connectivity index (χ3n) is 6.26. The molecule has 0 atom stereocenters. The summed E-state index contributed by atoms with van der Waals surface area (Å²) in [5.41, 5.74) is 2.25. The maximum atomic E-state index is 13.1. The molecule has 0 unspecified atom stereocenters. The van der Waals surface area contributed by atoms with Crippen molar-refractivity contribution in [2.24, 2.45) is 5.92 Å². The lowest BCUT2D eigenvalue weighted by Crippen LogP contribution is -2.39. The fraction of sp³-hybridized carbons (Fsp3) is 0.571. The van der Waals surface area contributed by atoms with Crippen molar-refractivity contribution in [2.75, 3.05) is 18.4 Å². The largest absolute Gasteiger partial charge is 0.338 e. The van der Waals surface area contributed by atoms with E-state index in [0.29, 0.717) is 0 Å². The van der Waals surface area contributed by atoms with Gasteiger partial charge in [0.2, 0.25) is 5.91 Å². The molecule has 3 heterocycles. The molecular weight excluding hydrogens is 372 g/mol. The van der Waals surface area contributed by atoms with Gasteiger partial charge in [0, 0.05) is 35.3 Å². The number of aryl methyl sites for hydroxylation is 1. The summed E-state index contributed by atoms with van der Waals surface area (Å²) < 4.78 is 1.94. The molecule has 0 radical (unpaired) electrons. The van der Waals surface area contributed by atoms with Crippen LogP contribution in [0.25, 0.3) is 0 Å². The average molecular weight is 399 g/mol. The lowest BCUT2D eigenvalue weighted by molar-refractivity contribution is -0.117. The second-order valence-corrected chi connectivity index (χ2v) is 9.17. The van der Waals surface area contributed by atoms with Crippen LogP contribution in [0.3, 0.4) is 0 Å². The van der Waals surface area contributed by atoms with Crippen LogP contribution in [-0.2, 0) is 17.6 Å². The van der Waals surface area contributed by atoms with E-state index in [1.807, 2.05) is 15.6 Å². The molecule has 0 aromatic carbocycles. The molecule has 2 aromatic heterocycles. The smallest absolute Gasteiger partial charge is 0.254 e. The summed E-state index contributed by atoms with van der Waals surface area (Å²) in [6.07, 6.45) is 10.1.